The number of anilines is 1. The van der Waals surface area contributed by atoms with Gasteiger partial charge in [-0.3, -0.25) is 14.9 Å². The SMILES string of the molecule is CS(=O)(=O)c1ccc(CC(=O)Nc2ncc(-c3ccccc3)c(C(=O)c3ccccc3)n2)cc1. The van der Waals surface area contributed by atoms with E-state index in [1.54, 1.807) is 36.4 Å². The Morgan fingerprint density at radius 2 is 1.47 bits per heavy atom. The van der Waals surface area contributed by atoms with E-state index in [2.05, 4.69) is 15.3 Å². The molecular weight excluding hydrogens is 450 g/mol. The highest BCUT2D eigenvalue weighted by Gasteiger charge is 2.19. The van der Waals surface area contributed by atoms with Crippen molar-refractivity contribution >= 4 is 27.5 Å². The summed E-state index contributed by atoms with van der Waals surface area (Å²) in [5, 5.41) is 2.63. The molecule has 1 heterocycles. The summed E-state index contributed by atoms with van der Waals surface area (Å²) in [6.45, 7) is 0. The van der Waals surface area contributed by atoms with E-state index in [1.165, 1.54) is 18.3 Å². The Morgan fingerprint density at radius 1 is 0.853 bits per heavy atom. The molecule has 0 bridgehead atoms. The van der Waals surface area contributed by atoms with Gasteiger partial charge >= 0.3 is 0 Å². The van der Waals surface area contributed by atoms with Crippen LogP contribution < -0.4 is 5.32 Å². The van der Waals surface area contributed by atoms with Crippen LogP contribution in [0.1, 0.15) is 21.6 Å². The van der Waals surface area contributed by atoms with Crippen LogP contribution in [-0.2, 0) is 21.1 Å². The van der Waals surface area contributed by atoms with E-state index in [1.807, 2.05) is 36.4 Å². The lowest BCUT2D eigenvalue weighted by atomic mass is 10.00. The number of benzene rings is 3. The number of rotatable bonds is 7. The number of nitrogens with one attached hydrogen (secondary N) is 1. The van der Waals surface area contributed by atoms with Gasteiger partial charge in [0, 0.05) is 23.6 Å². The van der Waals surface area contributed by atoms with Gasteiger partial charge in [-0.05, 0) is 23.3 Å². The summed E-state index contributed by atoms with van der Waals surface area (Å²) in [6, 6.07) is 24.2. The maximum absolute atomic E-state index is 13.2. The summed E-state index contributed by atoms with van der Waals surface area (Å²) in [6.07, 6.45) is 2.64. The molecule has 34 heavy (non-hydrogen) atoms. The molecule has 3 aromatic carbocycles. The molecule has 1 N–H and O–H groups in total. The molecule has 0 aliphatic carbocycles. The van der Waals surface area contributed by atoms with Gasteiger partial charge in [0.2, 0.25) is 17.6 Å². The van der Waals surface area contributed by atoms with Gasteiger partial charge in [0.15, 0.2) is 9.84 Å². The topological polar surface area (TPSA) is 106 Å². The third kappa shape index (κ3) is 5.41. The average Bonchev–Trinajstić information content (AvgIpc) is 2.84. The molecule has 0 saturated carbocycles. The van der Waals surface area contributed by atoms with Gasteiger partial charge in [0.1, 0.15) is 5.69 Å². The third-order valence-electron chi connectivity index (χ3n) is 5.09. The molecule has 0 aliphatic rings. The van der Waals surface area contributed by atoms with Crippen LogP contribution in [-0.4, -0.2) is 36.3 Å². The molecule has 0 saturated heterocycles. The lowest BCUT2D eigenvalue weighted by molar-refractivity contribution is -0.115. The Hall–Kier alpha value is -4.17. The number of nitrogens with zero attached hydrogens (tertiary/aromatic N) is 2. The zero-order valence-electron chi connectivity index (χ0n) is 18.3. The van der Waals surface area contributed by atoms with Crippen molar-refractivity contribution in [3.8, 4) is 11.1 Å². The molecule has 7 nitrogen and oxygen atoms in total. The zero-order valence-corrected chi connectivity index (χ0v) is 19.1. The van der Waals surface area contributed by atoms with Crippen LogP contribution in [0.5, 0.6) is 0 Å². The van der Waals surface area contributed by atoms with Crippen molar-refractivity contribution in [1.29, 1.82) is 0 Å². The number of aromatic nitrogens is 2. The summed E-state index contributed by atoms with van der Waals surface area (Å²) in [7, 11) is -3.31. The van der Waals surface area contributed by atoms with Crippen molar-refractivity contribution in [2.75, 3.05) is 11.6 Å². The first kappa shape index (κ1) is 23.0. The van der Waals surface area contributed by atoms with Gasteiger partial charge in [-0.25, -0.2) is 18.4 Å². The Balaban J connectivity index is 1.60. The highest BCUT2D eigenvalue weighted by atomic mass is 32.2. The van der Waals surface area contributed by atoms with Gasteiger partial charge in [-0.15, -0.1) is 0 Å². The minimum absolute atomic E-state index is 0.00416. The standard InChI is InChI=1S/C26H21N3O4S/c1-34(32,33)21-14-12-18(13-15-21)16-23(30)28-26-27-17-22(19-8-4-2-5-9-19)24(29-26)25(31)20-10-6-3-7-11-20/h2-15,17H,16H2,1H3,(H,27,28,29,30). The molecule has 0 radical (unpaired) electrons. The molecule has 1 amide bonds. The van der Waals surface area contributed by atoms with Gasteiger partial charge in [0.25, 0.3) is 0 Å². The van der Waals surface area contributed by atoms with Crippen molar-refractivity contribution in [1.82, 2.24) is 9.97 Å². The molecule has 4 aromatic rings. The second-order valence-electron chi connectivity index (χ2n) is 7.66. The normalized spacial score (nSPS) is 11.1. The van der Waals surface area contributed by atoms with Crippen molar-refractivity contribution in [3.05, 3.63) is 108 Å². The quantitative estimate of drug-likeness (QED) is 0.409. The first-order valence-corrected chi connectivity index (χ1v) is 12.3. The van der Waals surface area contributed by atoms with Crippen LogP contribution in [0, 0.1) is 0 Å². The van der Waals surface area contributed by atoms with E-state index in [9.17, 15) is 18.0 Å². The number of amides is 1. The lowest BCUT2D eigenvalue weighted by Gasteiger charge is -2.11. The smallest absolute Gasteiger partial charge is 0.231 e. The molecule has 0 atom stereocenters. The predicted octanol–water partition coefficient (Wildman–Crippen LogP) is 3.96. The van der Waals surface area contributed by atoms with E-state index < -0.39 is 15.7 Å². The van der Waals surface area contributed by atoms with Crippen LogP contribution in [0.15, 0.2) is 96.0 Å². The summed E-state index contributed by atoms with van der Waals surface area (Å²) in [5.74, 6) is -0.664. The van der Waals surface area contributed by atoms with Crippen molar-refractivity contribution in [2.24, 2.45) is 0 Å². The van der Waals surface area contributed by atoms with E-state index in [4.69, 9.17) is 0 Å². The molecule has 0 spiro atoms. The summed E-state index contributed by atoms with van der Waals surface area (Å²) in [5.41, 5.74) is 2.63. The second kappa shape index (κ2) is 9.76. The summed E-state index contributed by atoms with van der Waals surface area (Å²) >= 11 is 0. The van der Waals surface area contributed by atoms with Crippen LogP contribution >= 0.6 is 0 Å². The number of carbonyl (C=O) groups excluding carboxylic acids is 2. The number of sulfone groups is 1. The van der Waals surface area contributed by atoms with Crippen LogP contribution in [0.2, 0.25) is 0 Å². The fourth-order valence-corrected chi connectivity index (χ4v) is 4.01. The molecule has 0 unspecified atom stereocenters. The monoisotopic (exact) mass is 471 g/mol. The molecule has 1 aromatic heterocycles. The number of carbonyl (C=O) groups is 2. The molecular formula is C26H21N3O4S. The first-order valence-electron chi connectivity index (χ1n) is 10.4. The Labute approximate surface area is 197 Å². The zero-order chi connectivity index (χ0) is 24.1. The van der Waals surface area contributed by atoms with Crippen LogP contribution in [0.4, 0.5) is 5.95 Å². The maximum Gasteiger partial charge on any atom is 0.231 e. The fraction of sp³-hybridized carbons (Fsp3) is 0.0769. The highest BCUT2D eigenvalue weighted by Crippen LogP contribution is 2.25. The Bertz CT molecular complexity index is 1440. The molecule has 8 heteroatoms. The van der Waals surface area contributed by atoms with E-state index >= 15 is 0 Å². The van der Waals surface area contributed by atoms with Gasteiger partial charge in [-0.1, -0.05) is 72.8 Å². The molecule has 4 rings (SSSR count). The average molecular weight is 472 g/mol. The fourth-order valence-electron chi connectivity index (χ4n) is 3.38. The summed E-state index contributed by atoms with van der Waals surface area (Å²) < 4.78 is 23.2. The van der Waals surface area contributed by atoms with Crippen molar-refractivity contribution in [3.63, 3.8) is 0 Å². The number of hydrogen-bond acceptors (Lipinski definition) is 6. The number of ketones is 1. The van der Waals surface area contributed by atoms with Gasteiger partial charge in [-0.2, -0.15) is 0 Å². The van der Waals surface area contributed by atoms with Crippen molar-refractivity contribution < 1.29 is 18.0 Å². The van der Waals surface area contributed by atoms with Gasteiger partial charge < -0.3 is 0 Å². The second-order valence-corrected chi connectivity index (χ2v) is 9.67. The minimum Gasteiger partial charge on any atom is -0.294 e. The summed E-state index contributed by atoms with van der Waals surface area (Å²) in [4.78, 5) is 34.6. The third-order valence-corrected chi connectivity index (χ3v) is 6.22. The first-order chi connectivity index (χ1) is 16.3. The molecule has 170 valence electrons. The Kier molecular flexibility index (Phi) is 6.60. The molecule has 0 fully saturated rings. The molecule has 0 aliphatic heterocycles. The van der Waals surface area contributed by atoms with E-state index in [-0.39, 0.29) is 28.7 Å². The van der Waals surface area contributed by atoms with Gasteiger partial charge in [0.05, 0.1) is 11.3 Å². The van der Waals surface area contributed by atoms with Crippen molar-refractivity contribution in [2.45, 2.75) is 11.3 Å². The van der Waals surface area contributed by atoms with E-state index in [0.29, 0.717) is 16.7 Å². The highest BCUT2D eigenvalue weighted by molar-refractivity contribution is 7.90. The predicted molar refractivity (Wildman–Crippen MR) is 129 cm³/mol. The largest absolute Gasteiger partial charge is 0.294 e. The lowest BCUT2D eigenvalue weighted by Crippen LogP contribution is -2.18. The van der Waals surface area contributed by atoms with Crippen LogP contribution in [0.3, 0.4) is 0 Å². The number of hydrogen-bond donors (Lipinski definition) is 1. The minimum atomic E-state index is -3.31. The van der Waals surface area contributed by atoms with Crippen LogP contribution in [0.25, 0.3) is 11.1 Å². The maximum atomic E-state index is 13.2. The van der Waals surface area contributed by atoms with E-state index in [0.717, 1.165) is 11.8 Å². The Morgan fingerprint density at radius 3 is 2.09 bits per heavy atom.